The maximum Gasteiger partial charge on any atom is 0.177 e. The van der Waals surface area contributed by atoms with Gasteiger partial charge in [-0.05, 0) is 38.0 Å². The first kappa shape index (κ1) is 12.9. The molecule has 0 aromatic heterocycles. The lowest BCUT2D eigenvalue weighted by Crippen LogP contribution is -2.14. The van der Waals surface area contributed by atoms with Crippen LogP contribution in [0.2, 0.25) is 0 Å². The average Bonchev–Trinajstić information content (AvgIpc) is 2.31. The summed E-state index contributed by atoms with van der Waals surface area (Å²) < 4.78 is 11.0. The van der Waals surface area contributed by atoms with Crippen molar-refractivity contribution in [2.45, 2.75) is 27.1 Å². The van der Waals surface area contributed by atoms with Crippen LogP contribution in [0, 0.1) is 0 Å². The lowest BCUT2D eigenvalue weighted by molar-refractivity contribution is -0.103. The van der Waals surface area contributed by atoms with E-state index in [4.69, 9.17) is 9.47 Å². The van der Waals surface area contributed by atoms with Crippen molar-refractivity contribution in [1.29, 1.82) is 0 Å². The van der Waals surface area contributed by atoms with E-state index >= 15 is 0 Å². The van der Waals surface area contributed by atoms with Gasteiger partial charge in [-0.2, -0.15) is 0 Å². The van der Waals surface area contributed by atoms with Crippen molar-refractivity contribution < 1.29 is 9.47 Å². The van der Waals surface area contributed by atoms with E-state index in [1.165, 1.54) is 11.1 Å². The van der Waals surface area contributed by atoms with Crippen LogP contribution in [0.15, 0.2) is 36.4 Å². The minimum absolute atomic E-state index is 0.241. The Bertz CT molecular complexity index is 311. The van der Waals surface area contributed by atoms with Crippen LogP contribution >= 0.6 is 0 Å². The Hall–Kier alpha value is -1.12. The van der Waals surface area contributed by atoms with Gasteiger partial charge in [-0.15, -0.1) is 0 Å². The first-order valence-electron chi connectivity index (χ1n) is 5.75. The predicted molar refractivity (Wildman–Crippen MR) is 67.1 cm³/mol. The molecular formula is C14H20O2. The molecule has 0 saturated heterocycles. The van der Waals surface area contributed by atoms with Gasteiger partial charge in [0.1, 0.15) is 0 Å². The molecule has 1 aromatic rings. The van der Waals surface area contributed by atoms with Crippen molar-refractivity contribution in [3.05, 3.63) is 42.0 Å². The van der Waals surface area contributed by atoms with Crippen LogP contribution in [0.5, 0.6) is 0 Å². The predicted octanol–water partition coefficient (Wildman–Crippen LogP) is 3.49. The quantitative estimate of drug-likeness (QED) is 0.683. The maximum absolute atomic E-state index is 5.48. The van der Waals surface area contributed by atoms with Gasteiger partial charge in [0.25, 0.3) is 0 Å². The summed E-state index contributed by atoms with van der Waals surface area (Å²) in [6.07, 6.45) is 1.78. The first-order valence-corrected chi connectivity index (χ1v) is 5.75. The molecule has 88 valence electrons. The topological polar surface area (TPSA) is 18.5 Å². The second-order valence-corrected chi connectivity index (χ2v) is 3.49. The molecule has 0 amide bonds. The summed E-state index contributed by atoms with van der Waals surface area (Å²) in [4.78, 5) is 0. The molecule has 16 heavy (non-hydrogen) atoms. The molecule has 2 heteroatoms. The number of allylic oxidation sites excluding steroid dienone is 1. The van der Waals surface area contributed by atoms with Crippen LogP contribution in [0.3, 0.4) is 0 Å². The summed E-state index contributed by atoms with van der Waals surface area (Å²) in [5, 5.41) is 0. The Morgan fingerprint density at radius 2 is 1.69 bits per heavy atom. The Balaban J connectivity index is 2.72. The summed E-state index contributed by atoms with van der Waals surface area (Å²) in [5.41, 5.74) is 2.37. The van der Waals surface area contributed by atoms with Crippen molar-refractivity contribution in [2.75, 3.05) is 13.2 Å². The molecule has 2 nitrogen and oxygen atoms in total. The third-order valence-corrected chi connectivity index (χ3v) is 2.28. The van der Waals surface area contributed by atoms with Gasteiger partial charge in [0.05, 0.1) is 0 Å². The normalized spacial score (nSPS) is 12.1. The van der Waals surface area contributed by atoms with E-state index < -0.39 is 0 Å². The van der Waals surface area contributed by atoms with E-state index in [0.29, 0.717) is 13.2 Å². The number of rotatable bonds is 6. The highest BCUT2D eigenvalue weighted by Crippen LogP contribution is 2.14. The minimum atomic E-state index is -0.241. The Morgan fingerprint density at radius 1 is 1.12 bits per heavy atom. The number of hydrogen-bond donors (Lipinski definition) is 0. The van der Waals surface area contributed by atoms with Crippen LogP contribution < -0.4 is 0 Å². The van der Waals surface area contributed by atoms with Gasteiger partial charge in [-0.3, -0.25) is 0 Å². The zero-order chi connectivity index (χ0) is 11.8. The maximum atomic E-state index is 5.48. The zero-order valence-electron chi connectivity index (χ0n) is 10.3. The second-order valence-electron chi connectivity index (χ2n) is 3.49. The van der Waals surface area contributed by atoms with E-state index in [9.17, 15) is 0 Å². The lowest BCUT2D eigenvalue weighted by Gasteiger charge is -2.14. The summed E-state index contributed by atoms with van der Waals surface area (Å²) in [5.74, 6) is 0. The standard InChI is InChI=1S/C14H20O2/c1-4-15-14(16-5-2)11-12(3)13-9-7-6-8-10-13/h6-11,14H,4-5H2,1-3H3. The second kappa shape index (κ2) is 7.20. The number of benzene rings is 1. The van der Waals surface area contributed by atoms with Crippen LogP contribution in [0.25, 0.3) is 5.57 Å². The van der Waals surface area contributed by atoms with Gasteiger partial charge in [0.2, 0.25) is 0 Å². The molecular weight excluding hydrogens is 200 g/mol. The Morgan fingerprint density at radius 3 is 2.19 bits per heavy atom. The van der Waals surface area contributed by atoms with Gasteiger partial charge in [-0.1, -0.05) is 30.3 Å². The fourth-order valence-corrected chi connectivity index (χ4v) is 1.47. The van der Waals surface area contributed by atoms with Crippen LogP contribution in [0.1, 0.15) is 26.3 Å². The van der Waals surface area contributed by atoms with Gasteiger partial charge in [0.15, 0.2) is 6.29 Å². The summed E-state index contributed by atoms with van der Waals surface area (Å²) in [7, 11) is 0. The van der Waals surface area contributed by atoms with Crippen LogP contribution in [-0.4, -0.2) is 19.5 Å². The van der Waals surface area contributed by atoms with Crippen LogP contribution in [0.4, 0.5) is 0 Å². The molecule has 0 unspecified atom stereocenters. The molecule has 0 aliphatic carbocycles. The molecule has 0 N–H and O–H groups in total. The highest BCUT2D eigenvalue weighted by atomic mass is 16.7. The Labute approximate surface area is 97.9 Å². The molecule has 0 bridgehead atoms. The van der Waals surface area contributed by atoms with Gasteiger partial charge in [-0.25, -0.2) is 0 Å². The SMILES string of the molecule is CCOC(C=C(C)c1ccccc1)OCC. The molecule has 0 aliphatic heterocycles. The smallest absolute Gasteiger partial charge is 0.177 e. The van der Waals surface area contributed by atoms with Gasteiger partial charge >= 0.3 is 0 Å². The molecule has 0 saturated carbocycles. The van der Waals surface area contributed by atoms with Crippen LogP contribution in [-0.2, 0) is 9.47 Å². The molecule has 0 fully saturated rings. The monoisotopic (exact) mass is 220 g/mol. The van der Waals surface area contributed by atoms with E-state index in [0.717, 1.165) is 0 Å². The van der Waals surface area contributed by atoms with Gasteiger partial charge < -0.3 is 9.47 Å². The van der Waals surface area contributed by atoms with E-state index in [2.05, 4.69) is 19.1 Å². The molecule has 1 aromatic carbocycles. The van der Waals surface area contributed by atoms with Crippen molar-refractivity contribution in [1.82, 2.24) is 0 Å². The lowest BCUT2D eigenvalue weighted by atomic mass is 10.1. The molecule has 0 spiro atoms. The summed E-state index contributed by atoms with van der Waals surface area (Å²) in [6.45, 7) is 7.32. The highest BCUT2D eigenvalue weighted by molar-refractivity contribution is 5.63. The zero-order valence-corrected chi connectivity index (χ0v) is 10.3. The fourth-order valence-electron chi connectivity index (χ4n) is 1.47. The molecule has 1 rings (SSSR count). The summed E-state index contributed by atoms with van der Waals surface area (Å²) >= 11 is 0. The molecule has 0 heterocycles. The third-order valence-electron chi connectivity index (χ3n) is 2.28. The summed E-state index contributed by atoms with van der Waals surface area (Å²) in [6, 6.07) is 10.2. The Kier molecular flexibility index (Phi) is 5.83. The minimum Gasteiger partial charge on any atom is -0.349 e. The third kappa shape index (κ3) is 4.17. The van der Waals surface area contributed by atoms with Crippen molar-refractivity contribution in [3.8, 4) is 0 Å². The average molecular weight is 220 g/mol. The van der Waals surface area contributed by atoms with E-state index in [1.807, 2.05) is 38.1 Å². The van der Waals surface area contributed by atoms with Crippen molar-refractivity contribution in [2.24, 2.45) is 0 Å². The van der Waals surface area contributed by atoms with Crippen molar-refractivity contribution in [3.63, 3.8) is 0 Å². The van der Waals surface area contributed by atoms with Gasteiger partial charge in [0, 0.05) is 13.2 Å². The number of hydrogen-bond acceptors (Lipinski definition) is 2. The van der Waals surface area contributed by atoms with E-state index in [1.54, 1.807) is 0 Å². The molecule has 0 atom stereocenters. The molecule has 0 aliphatic rings. The largest absolute Gasteiger partial charge is 0.349 e. The highest BCUT2D eigenvalue weighted by Gasteiger charge is 2.04. The fraction of sp³-hybridized carbons (Fsp3) is 0.429. The number of ether oxygens (including phenoxy) is 2. The molecule has 0 radical (unpaired) electrons. The van der Waals surface area contributed by atoms with Crippen molar-refractivity contribution >= 4 is 5.57 Å². The first-order chi connectivity index (χ1) is 7.77. The van der Waals surface area contributed by atoms with E-state index in [-0.39, 0.29) is 6.29 Å².